The van der Waals surface area contributed by atoms with Gasteiger partial charge in [0.25, 0.3) is 0 Å². The normalized spacial score (nSPS) is 12.5. The second kappa shape index (κ2) is 3.43. The van der Waals surface area contributed by atoms with E-state index in [0.717, 1.165) is 6.42 Å². The molecule has 0 bridgehead atoms. The van der Waals surface area contributed by atoms with Crippen LogP contribution in [0, 0.1) is 27.7 Å². The molecule has 1 heteroatoms. The summed E-state index contributed by atoms with van der Waals surface area (Å²) in [4.78, 5) is 4.32. The molecule has 3 rings (SSSR count). The predicted molar refractivity (Wildman–Crippen MR) is 71.4 cm³/mol. The number of hydrogen-bond donors (Lipinski definition) is 0. The van der Waals surface area contributed by atoms with E-state index in [0.29, 0.717) is 0 Å². The van der Waals surface area contributed by atoms with Crippen molar-refractivity contribution in [3.63, 3.8) is 0 Å². The Labute approximate surface area is 103 Å². The van der Waals surface area contributed by atoms with Crippen molar-refractivity contribution in [1.82, 2.24) is 4.98 Å². The maximum absolute atomic E-state index is 4.32. The minimum absolute atomic E-state index is 1.05. The van der Waals surface area contributed by atoms with Crippen molar-refractivity contribution in [1.29, 1.82) is 0 Å². The summed E-state index contributed by atoms with van der Waals surface area (Å²) in [6, 6.07) is 2.31. The van der Waals surface area contributed by atoms with Gasteiger partial charge in [-0.3, -0.25) is 4.98 Å². The van der Waals surface area contributed by atoms with Gasteiger partial charge in [-0.1, -0.05) is 6.07 Å². The Morgan fingerprint density at radius 2 is 1.65 bits per heavy atom. The van der Waals surface area contributed by atoms with Gasteiger partial charge in [-0.05, 0) is 72.2 Å². The Morgan fingerprint density at radius 1 is 0.882 bits per heavy atom. The lowest BCUT2D eigenvalue weighted by molar-refractivity contribution is 1.15. The van der Waals surface area contributed by atoms with Crippen molar-refractivity contribution in [3.05, 3.63) is 51.8 Å². The highest BCUT2D eigenvalue weighted by molar-refractivity contribution is 5.82. The summed E-state index contributed by atoms with van der Waals surface area (Å²) in [6.45, 7) is 8.83. The first-order chi connectivity index (χ1) is 8.09. The topological polar surface area (TPSA) is 12.9 Å². The molecule has 0 amide bonds. The van der Waals surface area contributed by atoms with Gasteiger partial charge in [-0.25, -0.2) is 0 Å². The van der Waals surface area contributed by atoms with Gasteiger partial charge in [-0.2, -0.15) is 0 Å². The van der Waals surface area contributed by atoms with Crippen molar-refractivity contribution in [2.45, 2.75) is 34.1 Å². The highest BCUT2D eigenvalue weighted by Crippen LogP contribution is 2.42. The molecule has 0 atom stereocenters. The number of nitrogens with zero attached hydrogens (tertiary/aromatic N) is 1. The SMILES string of the molecule is Cc1cc(C)c2c(c1C)Cc1cncc(C)c1-2. The summed E-state index contributed by atoms with van der Waals surface area (Å²) in [7, 11) is 0. The molecule has 0 radical (unpaired) electrons. The van der Waals surface area contributed by atoms with Crippen molar-refractivity contribution < 1.29 is 0 Å². The molecule has 1 heterocycles. The zero-order valence-corrected chi connectivity index (χ0v) is 10.9. The molecule has 1 aliphatic carbocycles. The van der Waals surface area contributed by atoms with E-state index in [1.807, 2.05) is 12.4 Å². The second-order valence-corrected chi connectivity index (χ2v) is 5.16. The molecule has 1 nitrogen and oxygen atoms in total. The van der Waals surface area contributed by atoms with Crippen LogP contribution in [0.5, 0.6) is 0 Å². The quantitative estimate of drug-likeness (QED) is 0.563. The molecule has 0 N–H and O–H groups in total. The fourth-order valence-electron chi connectivity index (χ4n) is 3.04. The number of aromatic nitrogens is 1. The first-order valence-corrected chi connectivity index (χ1v) is 6.13. The highest BCUT2D eigenvalue weighted by Gasteiger charge is 2.24. The van der Waals surface area contributed by atoms with Crippen LogP contribution in [0.1, 0.15) is 33.4 Å². The number of aryl methyl sites for hydroxylation is 3. The van der Waals surface area contributed by atoms with E-state index in [9.17, 15) is 0 Å². The average molecular weight is 223 g/mol. The summed E-state index contributed by atoms with van der Waals surface area (Å²) in [5, 5.41) is 0. The largest absolute Gasteiger partial charge is 0.264 e. The summed E-state index contributed by atoms with van der Waals surface area (Å²) < 4.78 is 0. The fourth-order valence-corrected chi connectivity index (χ4v) is 3.04. The van der Waals surface area contributed by atoms with E-state index in [1.54, 1.807) is 0 Å². The van der Waals surface area contributed by atoms with Gasteiger partial charge in [0.1, 0.15) is 0 Å². The molecule has 0 saturated carbocycles. The summed E-state index contributed by atoms with van der Waals surface area (Å²) in [5.74, 6) is 0. The molecule has 0 fully saturated rings. The smallest absolute Gasteiger partial charge is 0.0309 e. The molecule has 1 aromatic carbocycles. The van der Waals surface area contributed by atoms with Crippen LogP contribution < -0.4 is 0 Å². The Bertz CT molecular complexity index is 624. The summed E-state index contributed by atoms with van der Waals surface area (Å²) >= 11 is 0. The average Bonchev–Trinajstić information content (AvgIpc) is 2.67. The van der Waals surface area contributed by atoms with Crippen molar-refractivity contribution in [2.24, 2.45) is 0 Å². The zero-order valence-electron chi connectivity index (χ0n) is 10.9. The molecule has 1 aliphatic rings. The van der Waals surface area contributed by atoms with Crippen LogP contribution in [-0.2, 0) is 6.42 Å². The highest BCUT2D eigenvalue weighted by atomic mass is 14.6. The van der Waals surface area contributed by atoms with Gasteiger partial charge in [0.05, 0.1) is 0 Å². The minimum Gasteiger partial charge on any atom is -0.264 e. The van der Waals surface area contributed by atoms with Crippen molar-refractivity contribution >= 4 is 0 Å². The van der Waals surface area contributed by atoms with E-state index in [1.165, 1.54) is 44.5 Å². The molecule has 0 unspecified atom stereocenters. The van der Waals surface area contributed by atoms with Crippen molar-refractivity contribution in [2.75, 3.05) is 0 Å². The van der Waals surface area contributed by atoms with Crippen LogP contribution in [0.15, 0.2) is 18.5 Å². The van der Waals surface area contributed by atoms with E-state index in [-0.39, 0.29) is 0 Å². The number of fused-ring (bicyclic) bond motifs is 3. The van der Waals surface area contributed by atoms with Gasteiger partial charge < -0.3 is 0 Å². The maximum atomic E-state index is 4.32. The first kappa shape index (κ1) is 10.5. The maximum Gasteiger partial charge on any atom is 0.0309 e. The standard InChI is InChI=1S/C16H17N/c1-9-5-10(2)16-14(12(9)4)6-13-8-17-7-11(3)15(13)16/h5,7-8H,6H2,1-4H3. The lowest BCUT2D eigenvalue weighted by Crippen LogP contribution is -1.93. The molecule has 86 valence electrons. The second-order valence-electron chi connectivity index (χ2n) is 5.16. The van der Waals surface area contributed by atoms with Gasteiger partial charge in [0.15, 0.2) is 0 Å². The van der Waals surface area contributed by atoms with Gasteiger partial charge in [0, 0.05) is 18.8 Å². The molecule has 0 spiro atoms. The lowest BCUT2D eigenvalue weighted by atomic mass is 9.92. The van der Waals surface area contributed by atoms with Gasteiger partial charge in [-0.15, -0.1) is 0 Å². The molecular formula is C16H17N. The molecule has 17 heavy (non-hydrogen) atoms. The third kappa shape index (κ3) is 1.35. The van der Waals surface area contributed by atoms with Gasteiger partial charge >= 0.3 is 0 Å². The minimum atomic E-state index is 1.05. The van der Waals surface area contributed by atoms with Crippen LogP contribution in [0.2, 0.25) is 0 Å². The first-order valence-electron chi connectivity index (χ1n) is 6.13. The van der Waals surface area contributed by atoms with Crippen molar-refractivity contribution in [3.8, 4) is 11.1 Å². The van der Waals surface area contributed by atoms with Crippen LogP contribution in [0.4, 0.5) is 0 Å². The molecule has 0 saturated heterocycles. The van der Waals surface area contributed by atoms with Gasteiger partial charge in [0.2, 0.25) is 0 Å². The Hall–Kier alpha value is -1.63. The zero-order chi connectivity index (χ0) is 12.2. The third-order valence-corrected chi connectivity index (χ3v) is 4.00. The van der Waals surface area contributed by atoms with E-state index in [4.69, 9.17) is 0 Å². The number of hydrogen-bond acceptors (Lipinski definition) is 1. The van der Waals surface area contributed by atoms with E-state index < -0.39 is 0 Å². The predicted octanol–water partition coefficient (Wildman–Crippen LogP) is 3.89. The monoisotopic (exact) mass is 223 g/mol. The van der Waals surface area contributed by atoms with Crippen LogP contribution in [0.25, 0.3) is 11.1 Å². The Kier molecular flexibility index (Phi) is 2.12. The summed E-state index contributed by atoms with van der Waals surface area (Å²) in [5.41, 5.74) is 11.3. The van der Waals surface area contributed by atoms with Crippen LogP contribution in [0.3, 0.4) is 0 Å². The number of benzene rings is 1. The third-order valence-electron chi connectivity index (χ3n) is 4.00. The van der Waals surface area contributed by atoms with E-state index in [2.05, 4.69) is 38.7 Å². The van der Waals surface area contributed by atoms with Crippen LogP contribution in [-0.4, -0.2) is 4.98 Å². The number of pyridine rings is 1. The number of rotatable bonds is 0. The molecule has 0 aliphatic heterocycles. The Balaban J connectivity index is 2.40. The summed E-state index contributed by atoms with van der Waals surface area (Å²) in [6.07, 6.45) is 5.05. The van der Waals surface area contributed by atoms with Crippen LogP contribution >= 0.6 is 0 Å². The molecule has 1 aromatic heterocycles. The molecular weight excluding hydrogens is 206 g/mol. The fraction of sp³-hybridized carbons (Fsp3) is 0.312. The molecule has 2 aromatic rings. The lowest BCUT2D eigenvalue weighted by Gasteiger charge is -2.12. The Morgan fingerprint density at radius 3 is 2.41 bits per heavy atom. The van der Waals surface area contributed by atoms with E-state index >= 15 is 0 Å².